The van der Waals surface area contributed by atoms with E-state index in [4.69, 9.17) is 4.42 Å². The number of fused-ring (bicyclic) bond motifs is 2. The van der Waals surface area contributed by atoms with E-state index in [1.54, 1.807) is 13.0 Å². The van der Waals surface area contributed by atoms with Crippen LogP contribution < -0.4 is 5.43 Å². The molecular formula is C23H24O7. The molecule has 7 nitrogen and oxygen atoms in total. The minimum atomic E-state index is -1.03. The number of benzene rings is 2. The number of hydrogen-bond acceptors (Lipinski definition) is 7. The average Bonchev–Trinajstić information content (AvgIpc) is 2.65. The van der Waals surface area contributed by atoms with Gasteiger partial charge in [-0.1, -0.05) is 23.8 Å². The molecule has 0 amide bonds. The number of aliphatic hydroxyl groups excluding tert-OH is 1. The Kier molecular flexibility index (Phi) is 5.50. The fraction of sp³-hybridized carbons (Fsp3) is 0.261. The highest BCUT2D eigenvalue weighted by atomic mass is 16.3. The van der Waals surface area contributed by atoms with Gasteiger partial charge in [-0.15, -0.1) is 0 Å². The van der Waals surface area contributed by atoms with Gasteiger partial charge in [0.05, 0.1) is 11.5 Å². The average molecular weight is 412 g/mol. The SMILES string of the molecule is C=C(C)[C@@H](O)Cc1c(O)cc2oc3cc(O)c(O)c(CC=C(C)C)c3c(=O)c2c1O. The van der Waals surface area contributed by atoms with Crippen LogP contribution in [-0.4, -0.2) is 31.6 Å². The summed E-state index contributed by atoms with van der Waals surface area (Å²) in [6.45, 7) is 8.96. The Hall–Kier alpha value is -3.45. The van der Waals surface area contributed by atoms with E-state index in [0.717, 1.165) is 11.6 Å². The summed E-state index contributed by atoms with van der Waals surface area (Å²) in [7, 11) is 0. The lowest BCUT2D eigenvalue weighted by atomic mass is 9.97. The Balaban J connectivity index is 2.40. The lowest BCUT2D eigenvalue weighted by Gasteiger charge is -2.15. The van der Waals surface area contributed by atoms with Crippen LogP contribution in [0.1, 0.15) is 31.9 Å². The Morgan fingerprint density at radius 3 is 2.20 bits per heavy atom. The van der Waals surface area contributed by atoms with Crippen LogP contribution in [0.3, 0.4) is 0 Å². The molecule has 2 aromatic carbocycles. The van der Waals surface area contributed by atoms with E-state index >= 15 is 0 Å². The summed E-state index contributed by atoms with van der Waals surface area (Å²) in [4.78, 5) is 13.3. The number of aromatic hydroxyl groups is 4. The first kappa shape index (κ1) is 21.3. The van der Waals surface area contributed by atoms with Crippen LogP contribution >= 0.6 is 0 Å². The predicted molar refractivity (Wildman–Crippen MR) is 114 cm³/mol. The Morgan fingerprint density at radius 2 is 1.60 bits per heavy atom. The van der Waals surface area contributed by atoms with Gasteiger partial charge >= 0.3 is 0 Å². The first-order chi connectivity index (χ1) is 14.0. The molecule has 0 unspecified atom stereocenters. The highest BCUT2D eigenvalue weighted by Crippen LogP contribution is 2.40. The van der Waals surface area contributed by atoms with Crippen molar-refractivity contribution < 1.29 is 29.9 Å². The standard InChI is InChI=1S/C23H24O7/c1-10(2)5-6-12-19-17(9-16(26)21(12)27)30-18-8-15(25)13(7-14(24)11(3)4)22(28)20(18)23(19)29/h5,8-9,14,24-28H,3,6-7H2,1-2,4H3/t14-/m0/s1. The van der Waals surface area contributed by atoms with Crippen molar-refractivity contribution in [1.82, 2.24) is 0 Å². The minimum absolute atomic E-state index is 0.00785. The zero-order chi connectivity index (χ0) is 22.3. The molecule has 3 rings (SSSR count). The molecule has 0 saturated carbocycles. The van der Waals surface area contributed by atoms with Crippen LogP contribution in [0.4, 0.5) is 0 Å². The molecule has 0 bridgehead atoms. The fourth-order valence-electron chi connectivity index (χ4n) is 3.31. The van der Waals surface area contributed by atoms with Gasteiger partial charge in [0.1, 0.15) is 28.1 Å². The van der Waals surface area contributed by atoms with Crippen molar-refractivity contribution in [2.45, 2.75) is 39.7 Å². The van der Waals surface area contributed by atoms with Crippen molar-refractivity contribution in [3.8, 4) is 23.0 Å². The van der Waals surface area contributed by atoms with Crippen LogP contribution in [0.5, 0.6) is 23.0 Å². The number of aliphatic hydroxyl groups is 1. The molecule has 30 heavy (non-hydrogen) atoms. The molecule has 0 spiro atoms. The maximum absolute atomic E-state index is 13.3. The van der Waals surface area contributed by atoms with Crippen LogP contribution in [0.15, 0.2) is 45.1 Å². The first-order valence-corrected chi connectivity index (χ1v) is 9.37. The van der Waals surface area contributed by atoms with E-state index in [0.29, 0.717) is 5.57 Å². The summed E-state index contributed by atoms with van der Waals surface area (Å²) in [5.74, 6) is -1.75. The summed E-state index contributed by atoms with van der Waals surface area (Å²) in [6.07, 6.45) is 0.769. The van der Waals surface area contributed by atoms with Gasteiger partial charge in [-0.2, -0.15) is 0 Å². The number of phenols is 4. The van der Waals surface area contributed by atoms with Gasteiger partial charge in [0.2, 0.25) is 5.43 Å². The van der Waals surface area contributed by atoms with Gasteiger partial charge in [0.15, 0.2) is 11.5 Å². The number of hydrogen-bond donors (Lipinski definition) is 5. The third kappa shape index (κ3) is 3.59. The Morgan fingerprint density at radius 1 is 1.00 bits per heavy atom. The summed E-state index contributed by atoms with van der Waals surface area (Å²) >= 11 is 0. The van der Waals surface area contributed by atoms with Crippen LogP contribution in [0.25, 0.3) is 21.9 Å². The molecule has 1 atom stereocenters. The number of phenolic OH excluding ortho intramolecular Hbond substituents is 4. The Labute approximate surface area is 172 Å². The second-order valence-corrected chi connectivity index (χ2v) is 7.68. The topological polar surface area (TPSA) is 131 Å². The number of rotatable bonds is 5. The highest BCUT2D eigenvalue weighted by Gasteiger charge is 2.23. The first-order valence-electron chi connectivity index (χ1n) is 9.37. The van der Waals surface area contributed by atoms with E-state index in [-0.39, 0.29) is 51.7 Å². The normalized spacial score (nSPS) is 12.3. The lowest BCUT2D eigenvalue weighted by Crippen LogP contribution is -2.12. The second-order valence-electron chi connectivity index (χ2n) is 7.68. The molecule has 1 heterocycles. The van der Waals surface area contributed by atoms with Gasteiger partial charge in [0.25, 0.3) is 0 Å². The third-order valence-electron chi connectivity index (χ3n) is 5.05. The molecule has 7 heteroatoms. The van der Waals surface area contributed by atoms with Crippen molar-refractivity contribution in [2.24, 2.45) is 0 Å². The van der Waals surface area contributed by atoms with Gasteiger partial charge in [-0.3, -0.25) is 4.79 Å². The summed E-state index contributed by atoms with van der Waals surface area (Å²) in [6, 6.07) is 2.29. The zero-order valence-electron chi connectivity index (χ0n) is 17.0. The molecule has 0 saturated heterocycles. The fourth-order valence-corrected chi connectivity index (χ4v) is 3.31. The summed E-state index contributed by atoms with van der Waals surface area (Å²) in [5, 5.41) is 51.4. The molecule has 1 aromatic heterocycles. The Bertz CT molecular complexity index is 1260. The molecule has 0 aliphatic heterocycles. The molecule has 0 fully saturated rings. The van der Waals surface area contributed by atoms with E-state index in [1.807, 2.05) is 13.8 Å². The lowest BCUT2D eigenvalue weighted by molar-refractivity contribution is 0.209. The molecular weight excluding hydrogens is 388 g/mol. The largest absolute Gasteiger partial charge is 0.507 e. The van der Waals surface area contributed by atoms with Gasteiger partial charge in [-0.25, -0.2) is 0 Å². The molecule has 3 aromatic rings. The summed E-state index contributed by atoms with van der Waals surface area (Å²) in [5.41, 5.74) is 0.824. The van der Waals surface area contributed by atoms with Crippen molar-refractivity contribution in [3.05, 3.63) is 57.3 Å². The molecule has 0 radical (unpaired) electrons. The highest BCUT2D eigenvalue weighted by molar-refractivity contribution is 5.97. The van der Waals surface area contributed by atoms with Gasteiger partial charge < -0.3 is 29.9 Å². The molecule has 5 N–H and O–H groups in total. The van der Waals surface area contributed by atoms with E-state index < -0.39 is 28.8 Å². The van der Waals surface area contributed by atoms with Crippen molar-refractivity contribution in [3.63, 3.8) is 0 Å². The smallest absolute Gasteiger partial charge is 0.204 e. The maximum Gasteiger partial charge on any atom is 0.204 e. The molecule has 0 aliphatic rings. The van der Waals surface area contributed by atoms with Crippen molar-refractivity contribution in [2.75, 3.05) is 0 Å². The van der Waals surface area contributed by atoms with Gasteiger partial charge in [-0.05, 0) is 27.2 Å². The van der Waals surface area contributed by atoms with Gasteiger partial charge in [0, 0.05) is 29.7 Å². The minimum Gasteiger partial charge on any atom is -0.507 e. The quantitative estimate of drug-likeness (QED) is 0.245. The van der Waals surface area contributed by atoms with Crippen LogP contribution in [0, 0.1) is 0 Å². The van der Waals surface area contributed by atoms with Crippen LogP contribution in [0.2, 0.25) is 0 Å². The maximum atomic E-state index is 13.3. The molecule has 158 valence electrons. The van der Waals surface area contributed by atoms with Crippen LogP contribution in [-0.2, 0) is 12.8 Å². The van der Waals surface area contributed by atoms with Crippen molar-refractivity contribution in [1.29, 1.82) is 0 Å². The van der Waals surface area contributed by atoms with E-state index in [2.05, 4.69) is 6.58 Å². The molecule has 0 aliphatic carbocycles. The zero-order valence-corrected chi connectivity index (χ0v) is 17.0. The van der Waals surface area contributed by atoms with E-state index in [1.165, 1.54) is 6.07 Å². The predicted octanol–water partition coefficient (Wildman–Crippen LogP) is 3.76. The monoisotopic (exact) mass is 412 g/mol. The number of allylic oxidation sites excluding steroid dienone is 2. The van der Waals surface area contributed by atoms with E-state index in [9.17, 15) is 30.3 Å². The second kappa shape index (κ2) is 7.76. The third-order valence-corrected chi connectivity index (χ3v) is 5.05. The summed E-state index contributed by atoms with van der Waals surface area (Å²) < 4.78 is 5.69. The van der Waals surface area contributed by atoms with Crippen molar-refractivity contribution >= 4 is 21.9 Å².